The van der Waals surface area contributed by atoms with E-state index in [1.54, 1.807) is 0 Å². The molecule has 1 N–H and O–H groups in total. The van der Waals surface area contributed by atoms with Crippen molar-refractivity contribution >= 4 is 22.6 Å². The van der Waals surface area contributed by atoms with Crippen LogP contribution in [0.15, 0.2) is 24.3 Å². The van der Waals surface area contributed by atoms with E-state index in [4.69, 9.17) is 0 Å². The molecule has 1 aromatic carbocycles. The van der Waals surface area contributed by atoms with Gasteiger partial charge in [-0.1, -0.05) is 18.6 Å². The summed E-state index contributed by atoms with van der Waals surface area (Å²) in [6.07, 6.45) is 4.05. The second-order valence-electron chi connectivity index (χ2n) is 6.88. The van der Waals surface area contributed by atoms with E-state index in [1.807, 2.05) is 0 Å². The normalized spacial score (nSPS) is 21.1. The minimum absolute atomic E-state index is 0.214. The molecule has 0 spiro atoms. The Hall–Kier alpha value is -0.130. The van der Waals surface area contributed by atoms with Crippen LogP contribution in [0, 0.1) is 3.57 Å². The first-order valence-electron chi connectivity index (χ1n) is 7.67. The van der Waals surface area contributed by atoms with Crippen LogP contribution in [0.25, 0.3) is 0 Å². The van der Waals surface area contributed by atoms with Crippen molar-refractivity contribution in [1.29, 1.82) is 0 Å². The monoisotopic (exact) mass is 386 g/mol. The number of benzene rings is 1. The fourth-order valence-electron chi connectivity index (χ4n) is 2.75. The molecule has 0 saturated carbocycles. The van der Waals surface area contributed by atoms with Gasteiger partial charge in [-0.05, 0) is 80.4 Å². The minimum Gasteiger partial charge on any atom is -0.311 e. The number of nitrogens with one attached hydrogen (secondary N) is 1. The molecule has 1 fully saturated rings. The van der Waals surface area contributed by atoms with Gasteiger partial charge in [-0.25, -0.2) is 0 Å². The lowest BCUT2D eigenvalue weighted by Crippen LogP contribution is -2.49. The van der Waals surface area contributed by atoms with E-state index in [1.165, 1.54) is 34.9 Å². The van der Waals surface area contributed by atoms with Crippen molar-refractivity contribution in [3.63, 3.8) is 0 Å². The van der Waals surface area contributed by atoms with Crippen LogP contribution in [0.5, 0.6) is 0 Å². The third kappa shape index (κ3) is 5.34. The van der Waals surface area contributed by atoms with Gasteiger partial charge in [-0.3, -0.25) is 4.90 Å². The predicted octanol–water partition coefficient (Wildman–Crippen LogP) is 4.03. The summed E-state index contributed by atoms with van der Waals surface area (Å²) in [5.41, 5.74) is 1.65. The van der Waals surface area contributed by atoms with Gasteiger partial charge < -0.3 is 5.32 Å². The van der Waals surface area contributed by atoms with Crippen LogP contribution in [-0.4, -0.2) is 29.6 Å². The molecule has 2 nitrogen and oxygen atoms in total. The maximum Gasteiger partial charge on any atom is 0.0237 e. The van der Waals surface area contributed by atoms with Gasteiger partial charge in [0.25, 0.3) is 0 Å². The molecule has 2 rings (SSSR count). The van der Waals surface area contributed by atoms with Crippen LogP contribution in [0.4, 0.5) is 0 Å². The van der Waals surface area contributed by atoms with E-state index in [9.17, 15) is 0 Å². The highest BCUT2D eigenvalue weighted by Crippen LogP contribution is 2.20. The van der Waals surface area contributed by atoms with E-state index >= 15 is 0 Å². The van der Waals surface area contributed by atoms with E-state index in [2.05, 4.69) is 77.8 Å². The quantitative estimate of drug-likeness (QED) is 0.786. The average molecular weight is 386 g/mol. The summed E-state index contributed by atoms with van der Waals surface area (Å²) in [4.78, 5) is 2.66. The first-order valence-corrected chi connectivity index (χ1v) is 8.75. The van der Waals surface area contributed by atoms with Crippen LogP contribution < -0.4 is 5.32 Å². The third-order valence-electron chi connectivity index (χ3n) is 3.92. The van der Waals surface area contributed by atoms with E-state index in [0.717, 1.165) is 13.1 Å². The second-order valence-corrected chi connectivity index (χ2v) is 8.12. The van der Waals surface area contributed by atoms with Crippen molar-refractivity contribution in [2.45, 2.75) is 58.2 Å². The maximum absolute atomic E-state index is 3.67. The average Bonchev–Trinajstić information content (AvgIpc) is 2.39. The van der Waals surface area contributed by atoms with Gasteiger partial charge in [0, 0.05) is 28.2 Å². The van der Waals surface area contributed by atoms with Gasteiger partial charge in [0.05, 0.1) is 0 Å². The van der Waals surface area contributed by atoms with Gasteiger partial charge in [0.15, 0.2) is 0 Å². The summed E-state index contributed by atoms with van der Waals surface area (Å²) < 4.78 is 1.32. The Morgan fingerprint density at radius 2 is 1.90 bits per heavy atom. The summed E-state index contributed by atoms with van der Waals surface area (Å²) in [5.74, 6) is 0. The molecular formula is C17H27IN2. The lowest BCUT2D eigenvalue weighted by atomic mass is 9.99. The van der Waals surface area contributed by atoms with Crippen LogP contribution >= 0.6 is 22.6 Å². The lowest BCUT2D eigenvalue weighted by Gasteiger charge is -2.37. The van der Waals surface area contributed by atoms with Crippen molar-refractivity contribution in [1.82, 2.24) is 10.2 Å². The molecule has 20 heavy (non-hydrogen) atoms. The molecule has 0 aliphatic carbocycles. The highest BCUT2D eigenvalue weighted by atomic mass is 127. The molecule has 0 amide bonds. The van der Waals surface area contributed by atoms with Crippen LogP contribution in [0.2, 0.25) is 0 Å². The van der Waals surface area contributed by atoms with E-state index < -0.39 is 0 Å². The highest BCUT2D eigenvalue weighted by molar-refractivity contribution is 14.1. The Balaban J connectivity index is 1.94. The van der Waals surface area contributed by atoms with Crippen LogP contribution in [0.3, 0.4) is 0 Å². The molecule has 1 aliphatic heterocycles. The summed E-state index contributed by atoms with van der Waals surface area (Å²) in [5, 5.41) is 3.67. The van der Waals surface area contributed by atoms with Crippen LogP contribution in [-0.2, 0) is 6.54 Å². The molecule has 1 unspecified atom stereocenters. The number of likely N-dealkylation sites (tertiary alicyclic amines) is 1. The number of hydrogen-bond donors (Lipinski definition) is 1. The Labute approximate surface area is 137 Å². The highest BCUT2D eigenvalue weighted by Gasteiger charge is 2.23. The lowest BCUT2D eigenvalue weighted by molar-refractivity contribution is 0.131. The summed E-state index contributed by atoms with van der Waals surface area (Å²) in [6, 6.07) is 9.64. The zero-order valence-electron chi connectivity index (χ0n) is 13.0. The molecule has 1 heterocycles. The zero-order chi connectivity index (χ0) is 14.6. The van der Waals surface area contributed by atoms with Crippen molar-refractivity contribution in [2.75, 3.05) is 13.1 Å². The fraction of sp³-hybridized carbons (Fsp3) is 0.647. The number of rotatable bonds is 4. The summed E-state index contributed by atoms with van der Waals surface area (Å²) >= 11 is 2.37. The molecule has 1 saturated heterocycles. The van der Waals surface area contributed by atoms with Crippen molar-refractivity contribution in [3.8, 4) is 0 Å². The predicted molar refractivity (Wildman–Crippen MR) is 95.0 cm³/mol. The van der Waals surface area contributed by atoms with Gasteiger partial charge >= 0.3 is 0 Å². The Bertz CT molecular complexity index is 408. The number of nitrogens with zero attached hydrogens (tertiary/aromatic N) is 1. The molecule has 112 valence electrons. The van der Waals surface area contributed by atoms with Crippen molar-refractivity contribution in [2.24, 2.45) is 0 Å². The molecule has 1 aromatic rings. The largest absolute Gasteiger partial charge is 0.311 e. The molecule has 0 aromatic heterocycles. The van der Waals surface area contributed by atoms with Gasteiger partial charge in [0.2, 0.25) is 0 Å². The number of halogens is 1. The fourth-order valence-corrected chi connectivity index (χ4v) is 3.11. The third-order valence-corrected chi connectivity index (χ3v) is 4.64. The number of hydrogen-bond acceptors (Lipinski definition) is 2. The number of piperidine rings is 1. The summed E-state index contributed by atoms with van der Waals surface area (Å²) in [6.45, 7) is 10.2. The van der Waals surface area contributed by atoms with Gasteiger partial charge in [-0.15, -0.1) is 0 Å². The molecular weight excluding hydrogens is 359 g/mol. The SMILES string of the molecule is CC(C)(C)NCC1CCCCN1Cc1ccc(I)cc1. The topological polar surface area (TPSA) is 15.3 Å². The minimum atomic E-state index is 0.214. The smallest absolute Gasteiger partial charge is 0.0237 e. The molecule has 3 heteroatoms. The Kier molecular flexibility index (Phi) is 5.87. The standard InChI is InChI=1S/C17H27IN2/c1-17(2,3)19-12-16-6-4-5-11-20(16)13-14-7-9-15(18)10-8-14/h7-10,16,19H,4-6,11-13H2,1-3H3. The van der Waals surface area contributed by atoms with E-state index in [0.29, 0.717) is 6.04 Å². The second kappa shape index (κ2) is 7.23. The van der Waals surface area contributed by atoms with Gasteiger partial charge in [0.1, 0.15) is 0 Å². The first-order chi connectivity index (χ1) is 9.44. The molecule has 1 aliphatic rings. The Morgan fingerprint density at radius 3 is 2.55 bits per heavy atom. The first kappa shape index (κ1) is 16.2. The molecule has 0 radical (unpaired) electrons. The van der Waals surface area contributed by atoms with E-state index in [-0.39, 0.29) is 5.54 Å². The zero-order valence-corrected chi connectivity index (χ0v) is 15.1. The van der Waals surface area contributed by atoms with Gasteiger partial charge in [-0.2, -0.15) is 0 Å². The Morgan fingerprint density at radius 1 is 1.20 bits per heavy atom. The maximum atomic E-state index is 3.67. The van der Waals surface area contributed by atoms with Crippen molar-refractivity contribution in [3.05, 3.63) is 33.4 Å². The molecule has 1 atom stereocenters. The van der Waals surface area contributed by atoms with Crippen molar-refractivity contribution < 1.29 is 0 Å². The summed E-state index contributed by atoms with van der Waals surface area (Å²) in [7, 11) is 0. The van der Waals surface area contributed by atoms with Crippen LogP contribution in [0.1, 0.15) is 45.6 Å². The molecule has 0 bridgehead atoms.